The molecule has 0 fully saturated rings. The molecule has 4 nitrogen and oxygen atoms in total. The first-order valence-electron chi connectivity index (χ1n) is 9.03. The molecule has 3 rings (SSSR count). The van der Waals surface area contributed by atoms with Crippen LogP contribution in [0.2, 0.25) is 0 Å². The fourth-order valence-electron chi connectivity index (χ4n) is 2.84. The van der Waals surface area contributed by atoms with Crippen molar-refractivity contribution in [1.82, 2.24) is 10.3 Å². The molecule has 0 aliphatic rings. The molecular weight excluding hydrogens is 356 g/mol. The van der Waals surface area contributed by atoms with E-state index in [9.17, 15) is 4.79 Å². The molecule has 0 atom stereocenters. The number of hydrogen-bond donors (Lipinski definition) is 1. The van der Waals surface area contributed by atoms with E-state index in [2.05, 4.69) is 41.5 Å². The van der Waals surface area contributed by atoms with Gasteiger partial charge in [0.05, 0.1) is 24.2 Å². The maximum atomic E-state index is 12.1. The first kappa shape index (κ1) is 19.1. The highest BCUT2D eigenvalue weighted by Crippen LogP contribution is 2.21. The fraction of sp³-hybridized carbons (Fsp3) is 0.273. The zero-order valence-electron chi connectivity index (χ0n) is 15.7. The van der Waals surface area contributed by atoms with E-state index < -0.39 is 0 Å². The van der Waals surface area contributed by atoms with E-state index in [1.165, 1.54) is 10.4 Å². The van der Waals surface area contributed by atoms with Gasteiger partial charge in [0, 0.05) is 24.3 Å². The monoisotopic (exact) mass is 380 g/mol. The van der Waals surface area contributed by atoms with Gasteiger partial charge in [0.1, 0.15) is 5.75 Å². The Kier molecular flexibility index (Phi) is 6.60. The van der Waals surface area contributed by atoms with Crippen LogP contribution in [0.4, 0.5) is 0 Å². The minimum Gasteiger partial charge on any atom is -0.497 e. The van der Waals surface area contributed by atoms with Gasteiger partial charge in [0.25, 0.3) is 0 Å². The number of carbonyl (C=O) groups is 1. The van der Waals surface area contributed by atoms with Crippen molar-refractivity contribution in [1.29, 1.82) is 0 Å². The Bertz CT molecular complexity index is 873. The van der Waals surface area contributed by atoms with Crippen LogP contribution in [0.1, 0.15) is 26.7 Å². The van der Waals surface area contributed by atoms with E-state index in [0.29, 0.717) is 13.0 Å². The second-order valence-corrected chi connectivity index (χ2v) is 7.57. The summed E-state index contributed by atoms with van der Waals surface area (Å²) >= 11 is 1.74. The quantitative estimate of drug-likeness (QED) is 0.644. The van der Waals surface area contributed by atoms with Crippen molar-refractivity contribution < 1.29 is 9.53 Å². The van der Waals surface area contributed by atoms with E-state index in [1.807, 2.05) is 30.3 Å². The molecule has 0 bridgehead atoms. The molecule has 0 saturated heterocycles. The number of aromatic nitrogens is 1. The molecule has 0 radical (unpaired) electrons. The Morgan fingerprint density at radius 2 is 1.81 bits per heavy atom. The van der Waals surface area contributed by atoms with Crippen LogP contribution in [0, 0.1) is 6.92 Å². The van der Waals surface area contributed by atoms with Gasteiger partial charge in [-0.2, -0.15) is 0 Å². The highest BCUT2D eigenvalue weighted by molar-refractivity contribution is 7.11. The summed E-state index contributed by atoms with van der Waals surface area (Å²) in [5.41, 5.74) is 3.36. The Morgan fingerprint density at radius 1 is 1.07 bits per heavy atom. The van der Waals surface area contributed by atoms with Crippen LogP contribution >= 0.6 is 11.3 Å². The Labute approximate surface area is 164 Å². The molecule has 27 heavy (non-hydrogen) atoms. The SMILES string of the molecule is COc1ccc(CC(=O)NCCc2nc(C)c(Cc3ccccc3)s2)cc1. The van der Waals surface area contributed by atoms with Gasteiger partial charge in [-0.05, 0) is 30.2 Å². The van der Waals surface area contributed by atoms with E-state index in [-0.39, 0.29) is 5.91 Å². The Hall–Kier alpha value is -2.66. The summed E-state index contributed by atoms with van der Waals surface area (Å²) in [4.78, 5) is 18.1. The molecule has 1 amide bonds. The number of methoxy groups -OCH3 is 1. The van der Waals surface area contributed by atoms with E-state index >= 15 is 0 Å². The van der Waals surface area contributed by atoms with Crippen molar-refractivity contribution in [2.45, 2.75) is 26.2 Å². The summed E-state index contributed by atoms with van der Waals surface area (Å²) in [7, 11) is 1.63. The van der Waals surface area contributed by atoms with Crippen LogP contribution in [-0.2, 0) is 24.1 Å². The molecule has 2 aromatic carbocycles. The summed E-state index contributed by atoms with van der Waals surface area (Å²) in [6.45, 7) is 2.66. The molecule has 5 heteroatoms. The lowest BCUT2D eigenvalue weighted by atomic mass is 10.1. The standard InChI is InChI=1S/C22H24N2O2S/c1-16-20(14-17-6-4-3-5-7-17)27-22(24-16)12-13-23-21(25)15-18-8-10-19(26-2)11-9-18/h3-11H,12-15H2,1-2H3,(H,23,25). The summed E-state index contributed by atoms with van der Waals surface area (Å²) in [5.74, 6) is 0.822. The summed E-state index contributed by atoms with van der Waals surface area (Å²) in [6.07, 6.45) is 2.04. The number of nitrogens with one attached hydrogen (secondary N) is 1. The normalized spacial score (nSPS) is 10.6. The number of ether oxygens (including phenoxy) is 1. The molecule has 0 aliphatic carbocycles. The van der Waals surface area contributed by atoms with Crippen molar-refractivity contribution in [3.05, 3.63) is 81.3 Å². The van der Waals surface area contributed by atoms with Crippen molar-refractivity contribution >= 4 is 17.2 Å². The minimum absolute atomic E-state index is 0.0259. The second-order valence-electron chi connectivity index (χ2n) is 6.40. The second kappa shape index (κ2) is 9.33. The average Bonchev–Trinajstić information content (AvgIpc) is 3.02. The molecule has 1 heterocycles. The van der Waals surface area contributed by atoms with Gasteiger partial charge in [-0.1, -0.05) is 42.5 Å². The maximum absolute atomic E-state index is 12.1. The van der Waals surface area contributed by atoms with Crippen molar-refractivity contribution in [2.75, 3.05) is 13.7 Å². The zero-order chi connectivity index (χ0) is 19.1. The van der Waals surface area contributed by atoms with Gasteiger partial charge >= 0.3 is 0 Å². The first-order valence-corrected chi connectivity index (χ1v) is 9.84. The molecule has 0 saturated carbocycles. The molecule has 0 unspecified atom stereocenters. The molecule has 3 aromatic rings. The van der Waals surface area contributed by atoms with Gasteiger partial charge < -0.3 is 10.1 Å². The Morgan fingerprint density at radius 3 is 2.52 bits per heavy atom. The predicted octanol–water partition coefficient (Wildman–Crippen LogP) is 3.95. The number of amides is 1. The van der Waals surface area contributed by atoms with Gasteiger partial charge in [-0.15, -0.1) is 11.3 Å². The van der Waals surface area contributed by atoms with Crippen molar-refractivity contribution in [2.24, 2.45) is 0 Å². The predicted molar refractivity (Wildman–Crippen MR) is 110 cm³/mol. The van der Waals surface area contributed by atoms with Crippen LogP contribution < -0.4 is 10.1 Å². The van der Waals surface area contributed by atoms with Gasteiger partial charge in [-0.3, -0.25) is 4.79 Å². The van der Waals surface area contributed by atoms with E-state index in [4.69, 9.17) is 4.74 Å². The minimum atomic E-state index is 0.0259. The molecule has 1 aromatic heterocycles. The topological polar surface area (TPSA) is 51.2 Å². The number of nitrogens with zero attached hydrogens (tertiary/aromatic N) is 1. The summed E-state index contributed by atoms with van der Waals surface area (Å²) in [6, 6.07) is 18.0. The van der Waals surface area contributed by atoms with Crippen LogP contribution in [0.15, 0.2) is 54.6 Å². The number of hydrogen-bond acceptors (Lipinski definition) is 4. The van der Waals surface area contributed by atoms with E-state index in [0.717, 1.165) is 34.9 Å². The number of thiazole rings is 1. The number of aryl methyl sites for hydroxylation is 1. The van der Waals surface area contributed by atoms with Gasteiger partial charge in [0.15, 0.2) is 0 Å². The zero-order valence-corrected chi connectivity index (χ0v) is 16.5. The van der Waals surface area contributed by atoms with Crippen LogP contribution in [0.3, 0.4) is 0 Å². The lowest BCUT2D eigenvalue weighted by molar-refractivity contribution is -0.120. The number of rotatable bonds is 8. The third-order valence-corrected chi connectivity index (χ3v) is 5.55. The van der Waals surface area contributed by atoms with Gasteiger partial charge in [0.2, 0.25) is 5.91 Å². The molecule has 1 N–H and O–H groups in total. The largest absolute Gasteiger partial charge is 0.497 e. The number of carbonyl (C=O) groups excluding carboxylic acids is 1. The van der Waals surface area contributed by atoms with Crippen molar-refractivity contribution in [3.63, 3.8) is 0 Å². The highest BCUT2D eigenvalue weighted by atomic mass is 32.1. The van der Waals surface area contributed by atoms with E-state index in [1.54, 1.807) is 18.4 Å². The number of benzene rings is 2. The highest BCUT2D eigenvalue weighted by Gasteiger charge is 2.09. The third-order valence-electron chi connectivity index (χ3n) is 4.33. The lowest BCUT2D eigenvalue weighted by Gasteiger charge is -2.05. The molecule has 140 valence electrons. The molecular formula is C22H24N2O2S. The molecule has 0 aliphatic heterocycles. The van der Waals surface area contributed by atoms with Crippen LogP contribution in [0.5, 0.6) is 5.75 Å². The third kappa shape index (κ3) is 5.66. The maximum Gasteiger partial charge on any atom is 0.224 e. The van der Waals surface area contributed by atoms with Gasteiger partial charge in [-0.25, -0.2) is 4.98 Å². The fourth-order valence-corrected chi connectivity index (χ4v) is 3.94. The summed E-state index contributed by atoms with van der Waals surface area (Å²) < 4.78 is 5.13. The van der Waals surface area contributed by atoms with Crippen molar-refractivity contribution in [3.8, 4) is 5.75 Å². The molecule has 0 spiro atoms. The smallest absolute Gasteiger partial charge is 0.224 e. The lowest BCUT2D eigenvalue weighted by Crippen LogP contribution is -2.27. The Balaban J connectivity index is 1.47. The summed E-state index contributed by atoms with van der Waals surface area (Å²) in [5, 5.41) is 4.06. The first-order chi connectivity index (χ1) is 13.1. The van der Waals surface area contributed by atoms with Crippen LogP contribution in [-0.4, -0.2) is 24.5 Å². The average molecular weight is 381 g/mol. The van der Waals surface area contributed by atoms with Crippen LogP contribution in [0.25, 0.3) is 0 Å².